The quantitative estimate of drug-likeness (QED) is 0.310. The van der Waals surface area contributed by atoms with Gasteiger partial charge in [-0.1, -0.05) is 60.7 Å². The average molecular weight is 552 g/mol. The summed E-state index contributed by atoms with van der Waals surface area (Å²) in [6.07, 6.45) is -12.7. The van der Waals surface area contributed by atoms with E-state index in [4.69, 9.17) is 0 Å². The fourth-order valence-corrected chi connectivity index (χ4v) is 5.18. The number of alkyl halides is 7. The van der Waals surface area contributed by atoms with E-state index < -0.39 is 49.2 Å². The fourth-order valence-electron chi connectivity index (χ4n) is 5.18. The van der Waals surface area contributed by atoms with Crippen LogP contribution in [0.15, 0.2) is 78.9 Å². The Labute approximate surface area is 219 Å². The van der Waals surface area contributed by atoms with Crippen molar-refractivity contribution in [3.8, 4) is 5.75 Å². The molecule has 3 aromatic carbocycles. The Kier molecular flexibility index (Phi) is 6.96. The number of benzene rings is 3. The molecule has 39 heavy (non-hydrogen) atoms. The second-order valence-electron chi connectivity index (χ2n) is 9.39. The van der Waals surface area contributed by atoms with Gasteiger partial charge in [-0.05, 0) is 41.0 Å². The van der Waals surface area contributed by atoms with Gasteiger partial charge in [0.25, 0.3) is 0 Å². The number of rotatable bonds is 7. The highest BCUT2D eigenvalue weighted by atomic mass is 19.4. The molecule has 0 aromatic heterocycles. The number of nitrogens with one attached hydrogen (secondary N) is 1. The van der Waals surface area contributed by atoms with Crippen molar-refractivity contribution >= 4 is 17.5 Å². The van der Waals surface area contributed by atoms with Crippen LogP contribution in [0.4, 0.5) is 42.1 Å². The summed E-state index contributed by atoms with van der Waals surface area (Å²) in [5, 5.41) is 13.5. The number of fused-ring (bicyclic) bond motifs is 2. The molecule has 1 aliphatic carbocycles. The molecule has 4 atom stereocenters. The minimum atomic E-state index is -4.93. The number of hydrogen-bond acceptors (Lipinski definition) is 4. The third-order valence-corrected chi connectivity index (χ3v) is 6.89. The lowest BCUT2D eigenvalue weighted by Gasteiger charge is -2.47. The number of ether oxygens (including phenoxy) is 1. The van der Waals surface area contributed by atoms with E-state index in [9.17, 15) is 35.8 Å². The first-order valence-corrected chi connectivity index (χ1v) is 12.0. The minimum absolute atomic E-state index is 0.233. The maximum Gasteiger partial charge on any atom is 0.461 e. The fraction of sp³-hybridized carbons (Fsp3) is 0.286. The summed E-state index contributed by atoms with van der Waals surface area (Å²) in [5.41, 5.74) is 2.91. The molecule has 0 amide bonds. The largest absolute Gasteiger partial charge is 0.461 e. The third-order valence-electron chi connectivity index (χ3n) is 6.89. The van der Waals surface area contributed by atoms with Crippen molar-refractivity contribution < 1.29 is 40.6 Å². The summed E-state index contributed by atoms with van der Waals surface area (Å²) in [5.74, 6) is -0.939. The van der Waals surface area contributed by atoms with E-state index in [1.54, 1.807) is 24.3 Å². The van der Waals surface area contributed by atoms with E-state index in [0.717, 1.165) is 23.3 Å². The molecule has 11 heteroatoms. The molecule has 1 heterocycles. The standard InChI is InChI=1S/C28H23F7N2O2/c29-26(30)28(34,35)39-18-8-5-7-17(14-18)25-24(20-13-12-16-6-1-2-9-19(16)20)36-21-10-3-4-11-22(21)37(25)15-23(38)27(31,32)33/h1-14,20,23-26,36,38H,15H2/t20?,23?,24?,25-/m1/s1. The number of halogens is 7. The van der Waals surface area contributed by atoms with E-state index >= 15 is 0 Å². The number of aliphatic hydroxyl groups excluding tert-OH is 1. The van der Waals surface area contributed by atoms with Crippen LogP contribution in [0.3, 0.4) is 0 Å². The van der Waals surface area contributed by atoms with Crippen LogP contribution in [0, 0.1) is 0 Å². The van der Waals surface area contributed by atoms with Crippen LogP contribution in [0.2, 0.25) is 0 Å². The zero-order valence-corrected chi connectivity index (χ0v) is 20.1. The summed E-state index contributed by atoms with van der Waals surface area (Å²) >= 11 is 0. The maximum atomic E-state index is 13.7. The Bertz CT molecular complexity index is 1360. The molecule has 0 spiro atoms. The monoisotopic (exact) mass is 552 g/mol. The molecule has 0 saturated heterocycles. The average Bonchev–Trinajstić information content (AvgIpc) is 3.32. The van der Waals surface area contributed by atoms with E-state index in [-0.39, 0.29) is 11.5 Å². The Morgan fingerprint density at radius 2 is 1.64 bits per heavy atom. The van der Waals surface area contributed by atoms with E-state index in [1.807, 2.05) is 36.4 Å². The van der Waals surface area contributed by atoms with Crippen LogP contribution in [0.1, 0.15) is 28.7 Å². The molecule has 0 saturated carbocycles. The van der Waals surface area contributed by atoms with Crippen molar-refractivity contribution in [2.75, 3.05) is 16.8 Å². The van der Waals surface area contributed by atoms with Gasteiger partial charge in [-0.25, -0.2) is 0 Å². The first-order chi connectivity index (χ1) is 18.5. The molecule has 3 aromatic rings. The lowest BCUT2D eigenvalue weighted by Crippen LogP contribution is -2.51. The second-order valence-corrected chi connectivity index (χ2v) is 9.39. The van der Waals surface area contributed by atoms with Gasteiger partial charge in [0, 0.05) is 5.92 Å². The highest BCUT2D eigenvalue weighted by Gasteiger charge is 2.47. The van der Waals surface area contributed by atoms with Gasteiger partial charge in [0.15, 0.2) is 6.10 Å². The van der Waals surface area contributed by atoms with Gasteiger partial charge in [-0.2, -0.15) is 30.7 Å². The van der Waals surface area contributed by atoms with Gasteiger partial charge >= 0.3 is 18.7 Å². The Morgan fingerprint density at radius 3 is 2.38 bits per heavy atom. The van der Waals surface area contributed by atoms with Crippen LogP contribution < -0.4 is 15.0 Å². The van der Waals surface area contributed by atoms with Crippen LogP contribution >= 0.6 is 0 Å². The molecule has 0 radical (unpaired) electrons. The highest BCUT2D eigenvalue weighted by molar-refractivity contribution is 5.75. The van der Waals surface area contributed by atoms with Crippen molar-refractivity contribution in [2.45, 2.75) is 42.8 Å². The minimum Gasteiger partial charge on any atom is -0.428 e. The summed E-state index contributed by atoms with van der Waals surface area (Å²) < 4.78 is 98.0. The number of β-amino-alcohol motifs (C(OH)–C–C–N with tert-alkyl or cyclic N) is 1. The lowest BCUT2D eigenvalue weighted by atomic mass is 9.82. The van der Waals surface area contributed by atoms with Gasteiger partial charge in [-0.3, -0.25) is 0 Å². The predicted molar refractivity (Wildman–Crippen MR) is 132 cm³/mol. The van der Waals surface area contributed by atoms with Crippen molar-refractivity contribution in [3.63, 3.8) is 0 Å². The number of nitrogens with zero attached hydrogens (tertiary/aromatic N) is 1. The second kappa shape index (κ2) is 10.1. The van der Waals surface area contributed by atoms with E-state index in [2.05, 4.69) is 10.1 Å². The number of anilines is 2. The van der Waals surface area contributed by atoms with E-state index in [1.165, 1.54) is 17.0 Å². The smallest absolute Gasteiger partial charge is 0.428 e. The van der Waals surface area contributed by atoms with Gasteiger partial charge in [0.2, 0.25) is 0 Å². The first-order valence-electron chi connectivity index (χ1n) is 12.0. The molecule has 2 N–H and O–H groups in total. The van der Waals surface area contributed by atoms with Crippen molar-refractivity contribution in [1.29, 1.82) is 0 Å². The van der Waals surface area contributed by atoms with Crippen molar-refractivity contribution in [2.24, 2.45) is 0 Å². The number of para-hydroxylation sites is 2. The van der Waals surface area contributed by atoms with Gasteiger partial charge in [0.1, 0.15) is 5.75 Å². The summed E-state index contributed by atoms with van der Waals surface area (Å²) in [6.45, 7) is -0.861. The van der Waals surface area contributed by atoms with Gasteiger partial charge < -0.3 is 20.1 Å². The number of hydrogen-bond donors (Lipinski definition) is 2. The summed E-state index contributed by atoms with van der Waals surface area (Å²) in [4.78, 5) is 1.37. The molecular weight excluding hydrogens is 529 g/mol. The summed E-state index contributed by atoms with van der Waals surface area (Å²) in [7, 11) is 0. The zero-order chi connectivity index (χ0) is 27.9. The zero-order valence-electron chi connectivity index (χ0n) is 20.1. The van der Waals surface area contributed by atoms with Crippen molar-refractivity contribution in [3.05, 3.63) is 95.6 Å². The molecule has 1 aliphatic heterocycles. The van der Waals surface area contributed by atoms with Gasteiger partial charge in [-0.15, -0.1) is 0 Å². The third kappa shape index (κ3) is 5.27. The first kappa shape index (κ1) is 26.9. The molecular formula is C28H23F7N2O2. The SMILES string of the molecule is OC(CN1c2ccccc2NC(C2C=Cc3ccccc32)[C@H]1c1cccc(OC(F)(F)C(F)F)c1)C(F)(F)F. The van der Waals surface area contributed by atoms with Gasteiger partial charge in [0.05, 0.1) is 30.0 Å². The van der Waals surface area contributed by atoms with Crippen LogP contribution in [0.5, 0.6) is 5.75 Å². The number of aliphatic hydroxyl groups is 1. The van der Waals surface area contributed by atoms with Crippen LogP contribution in [0.25, 0.3) is 6.08 Å². The van der Waals surface area contributed by atoms with E-state index in [0.29, 0.717) is 11.4 Å². The lowest BCUT2D eigenvalue weighted by molar-refractivity contribution is -0.253. The Hall–Kier alpha value is -3.73. The summed E-state index contributed by atoms with van der Waals surface area (Å²) in [6, 6.07) is 17.4. The van der Waals surface area contributed by atoms with Crippen LogP contribution in [-0.4, -0.2) is 42.5 Å². The maximum absolute atomic E-state index is 13.7. The molecule has 3 unspecified atom stereocenters. The molecule has 0 bridgehead atoms. The van der Waals surface area contributed by atoms with Crippen LogP contribution in [-0.2, 0) is 0 Å². The molecule has 5 rings (SSSR count). The Balaban J connectivity index is 1.64. The topological polar surface area (TPSA) is 44.7 Å². The predicted octanol–water partition coefficient (Wildman–Crippen LogP) is 7.00. The molecule has 2 aliphatic rings. The Morgan fingerprint density at radius 1 is 0.923 bits per heavy atom. The molecule has 0 fully saturated rings. The molecule has 4 nitrogen and oxygen atoms in total. The normalized spacial score (nSPS) is 21.4. The molecule has 206 valence electrons. The highest BCUT2D eigenvalue weighted by Crippen LogP contribution is 2.48. The van der Waals surface area contributed by atoms with Crippen molar-refractivity contribution in [1.82, 2.24) is 0 Å².